The van der Waals surface area contributed by atoms with Gasteiger partial charge >= 0.3 is 12.1 Å². The number of allylic oxidation sites excluding steroid dienone is 3. The Bertz CT molecular complexity index is 1350. The zero-order chi connectivity index (χ0) is 24.5. The van der Waals surface area contributed by atoms with E-state index in [2.05, 4.69) is 10.3 Å². The maximum Gasteiger partial charge on any atom is 0.416 e. The standard InChI is InChI=1S/C25H19F3N4O2/c1-15-18(11-29)22(17-9-5-6-10-19(17)25(26,27)28)23(24(33)34)21(31-15)13-32-12-20(30-14-32)16-7-3-2-4-8-16/h2-10,12,14,22,31H,13H2,1H3,(H,33,34). The Morgan fingerprint density at radius 3 is 2.50 bits per heavy atom. The molecule has 2 aromatic carbocycles. The van der Waals surface area contributed by atoms with E-state index in [9.17, 15) is 28.3 Å². The first-order valence-electron chi connectivity index (χ1n) is 10.3. The first kappa shape index (κ1) is 22.9. The summed E-state index contributed by atoms with van der Waals surface area (Å²) in [7, 11) is 0. The van der Waals surface area contributed by atoms with Crippen LogP contribution in [-0.2, 0) is 17.5 Å². The molecule has 1 aromatic heterocycles. The molecule has 172 valence electrons. The predicted molar refractivity (Wildman–Crippen MR) is 118 cm³/mol. The van der Waals surface area contributed by atoms with Crippen LogP contribution in [0, 0.1) is 11.3 Å². The number of halogens is 3. The topological polar surface area (TPSA) is 90.9 Å². The summed E-state index contributed by atoms with van der Waals surface area (Å²) >= 11 is 0. The van der Waals surface area contributed by atoms with Crippen molar-refractivity contribution in [2.24, 2.45) is 0 Å². The van der Waals surface area contributed by atoms with Gasteiger partial charge in [-0.1, -0.05) is 48.5 Å². The highest BCUT2D eigenvalue weighted by molar-refractivity contribution is 5.91. The van der Waals surface area contributed by atoms with Gasteiger partial charge in [-0.05, 0) is 18.6 Å². The number of nitrogens with zero attached hydrogens (tertiary/aromatic N) is 3. The molecule has 1 aliphatic heterocycles. The van der Waals surface area contributed by atoms with Gasteiger partial charge in [0, 0.05) is 23.2 Å². The van der Waals surface area contributed by atoms with Gasteiger partial charge in [0.2, 0.25) is 0 Å². The summed E-state index contributed by atoms with van der Waals surface area (Å²) in [6.45, 7) is 1.56. The van der Waals surface area contributed by atoms with Gasteiger partial charge in [-0.15, -0.1) is 0 Å². The number of carbonyl (C=O) groups is 1. The molecular weight excluding hydrogens is 445 g/mol. The van der Waals surface area contributed by atoms with Crippen molar-refractivity contribution < 1.29 is 23.1 Å². The van der Waals surface area contributed by atoms with E-state index in [0.29, 0.717) is 11.4 Å². The van der Waals surface area contributed by atoms with Gasteiger partial charge in [0.15, 0.2) is 0 Å². The Balaban J connectivity index is 1.83. The number of hydrogen-bond donors (Lipinski definition) is 2. The molecule has 0 saturated heterocycles. The first-order chi connectivity index (χ1) is 16.2. The number of nitriles is 1. The quantitative estimate of drug-likeness (QED) is 0.549. The lowest BCUT2D eigenvalue weighted by Crippen LogP contribution is -2.31. The average molecular weight is 464 g/mol. The summed E-state index contributed by atoms with van der Waals surface area (Å²) in [6.07, 6.45) is -1.47. The Labute approximate surface area is 193 Å². The maximum absolute atomic E-state index is 13.8. The van der Waals surface area contributed by atoms with Crippen LogP contribution in [0.15, 0.2) is 89.7 Å². The monoisotopic (exact) mass is 464 g/mol. The summed E-state index contributed by atoms with van der Waals surface area (Å²) in [6, 6.07) is 16.0. The smallest absolute Gasteiger partial charge is 0.416 e. The van der Waals surface area contributed by atoms with Gasteiger partial charge in [-0.3, -0.25) is 0 Å². The van der Waals surface area contributed by atoms with Crippen LogP contribution < -0.4 is 5.32 Å². The normalized spacial score (nSPS) is 16.3. The van der Waals surface area contributed by atoms with Gasteiger partial charge in [0.25, 0.3) is 0 Å². The number of benzene rings is 2. The largest absolute Gasteiger partial charge is 0.478 e. The highest BCUT2D eigenvalue weighted by Crippen LogP contribution is 2.43. The Morgan fingerprint density at radius 1 is 1.18 bits per heavy atom. The second-order valence-corrected chi connectivity index (χ2v) is 7.79. The molecule has 2 N–H and O–H groups in total. The van der Waals surface area contributed by atoms with E-state index >= 15 is 0 Å². The van der Waals surface area contributed by atoms with E-state index in [4.69, 9.17) is 0 Å². The molecular formula is C25H19F3N4O2. The molecule has 0 saturated carbocycles. The number of aliphatic carboxylic acids is 1. The van der Waals surface area contributed by atoms with Crippen LogP contribution in [0.1, 0.15) is 24.0 Å². The molecule has 0 bridgehead atoms. The molecule has 0 aliphatic carbocycles. The fourth-order valence-corrected chi connectivity index (χ4v) is 4.13. The minimum Gasteiger partial charge on any atom is -0.478 e. The predicted octanol–water partition coefficient (Wildman–Crippen LogP) is 5.09. The van der Waals surface area contributed by atoms with Crippen LogP contribution in [0.5, 0.6) is 0 Å². The van der Waals surface area contributed by atoms with Crippen molar-refractivity contribution in [1.82, 2.24) is 14.9 Å². The third-order valence-corrected chi connectivity index (χ3v) is 5.62. The molecule has 9 heteroatoms. The maximum atomic E-state index is 13.8. The van der Waals surface area contributed by atoms with Gasteiger partial charge in [0.1, 0.15) is 0 Å². The average Bonchev–Trinajstić information content (AvgIpc) is 3.27. The summed E-state index contributed by atoms with van der Waals surface area (Å²) < 4.78 is 43.0. The second-order valence-electron chi connectivity index (χ2n) is 7.79. The highest BCUT2D eigenvalue weighted by atomic mass is 19.4. The molecule has 2 heterocycles. The molecule has 1 aliphatic rings. The van der Waals surface area contributed by atoms with Gasteiger partial charge < -0.3 is 15.0 Å². The van der Waals surface area contributed by atoms with Gasteiger partial charge in [0.05, 0.1) is 47.3 Å². The zero-order valence-electron chi connectivity index (χ0n) is 18.0. The molecule has 6 nitrogen and oxygen atoms in total. The van der Waals surface area contributed by atoms with Gasteiger partial charge in [-0.25, -0.2) is 9.78 Å². The van der Waals surface area contributed by atoms with Crippen molar-refractivity contribution in [1.29, 1.82) is 5.26 Å². The van der Waals surface area contributed by atoms with Crippen LogP contribution in [0.25, 0.3) is 11.3 Å². The molecule has 0 spiro atoms. The molecule has 4 rings (SSSR count). The van der Waals surface area contributed by atoms with E-state index < -0.39 is 23.6 Å². The molecule has 1 unspecified atom stereocenters. The van der Waals surface area contributed by atoms with Crippen LogP contribution in [0.2, 0.25) is 0 Å². The molecule has 0 amide bonds. The Kier molecular flexibility index (Phi) is 5.99. The molecule has 0 fully saturated rings. The molecule has 3 aromatic rings. The number of carboxylic acid groups (broad SMARTS) is 1. The van der Waals surface area contributed by atoms with Crippen LogP contribution >= 0.6 is 0 Å². The lowest BCUT2D eigenvalue weighted by molar-refractivity contribution is -0.139. The van der Waals surface area contributed by atoms with E-state index in [0.717, 1.165) is 11.6 Å². The van der Waals surface area contributed by atoms with E-state index in [-0.39, 0.29) is 29.0 Å². The van der Waals surface area contributed by atoms with E-state index in [1.54, 1.807) is 17.7 Å². The van der Waals surface area contributed by atoms with Gasteiger partial charge in [-0.2, -0.15) is 18.4 Å². The van der Waals surface area contributed by atoms with Crippen LogP contribution in [-0.4, -0.2) is 20.6 Å². The molecule has 1 atom stereocenters. The van der Waals surface area contributed by atoms with Crippen LogP contribution in [0.4, 0.5) is 13.2 Å². The minimum absolute atomic E-state index is 0.0161. The summed E-state index contributed by atoms with van der Waals surface area (Å²) in [5.41, 5.74) is 0.369. The fraction of sp³-hybridized carbons (Fsp3) is 0.160. The molecule has 34 heavy (non-hydrogen) atoms. The van der Waals surface area contributed by atoms with Crippen molar-refractivity contribution in [3.63, 3.8) is 0 Å². The number of nitrogens with one attached hydrogen (secondary N) is 1. The number of imidazole rings is 1. The summed E-state index contributed by atoms with van der Waals surface area (Å²) in [5.74, 6) is -2.79. The number of aromatic nitrogens is 2. The van der Waals surface area contributed by atoms with Crippen molar-refractivity contribution in [3.8, 4) is 17.3 Å². The third-order valence-electron chi connectivity index (χ3n) is 5.62. The zero-order valence-corrected chi connectivity index (χ0v) is 18.0. The number of hydrogen-bond acceptors (Lipinski definition) is 4. The number of carboxylic acids is 1. The highest BCUT2D eigenvalue weighted by Gasteiger charge is 2.41. The second kappa shape index (κ2) is 8.90. The fourth-order valence-electron chi connectivity index (χ4n) is 4.13. The Hall–Kier alpha value is -4.32. The van der Waals surface area contributed by atoms with E-state index in [1.165, 1.54) is 24.5 Å². The van der Waals surface area contributed by atoms with Crippen molar-refractivity contribution in [3.05, 3.63) is 101 Å². The lowest BCUT2D eigenvalue weighted by Gasteiger charge is -2.30. The van der Waals surface area contributed by atoms with Crippen molar-refractivity contribution in [2.75, 3.05) is 0 Å². The minimum atomic E-state index is -4.71. The SMILES string of the molecule is CC1=C(C#N)C(c2ccccc2C(F)(F)F)C(C(=O)O)=C(Cn2cnc(-c3ccccc3)c2)N1. The number of dihydropyridines is 1. The number of alkyl halides is 3. The van der Waals surface area contributed by atoms with E-state index in [1.807, 2.05) is 36.4 Å². The third kappa shape index (κ3) is 4.30. The number of rotatable bonds is 5. The lowest BCUT2D eigenvalue weighted by atomic mass is 9.79. The molecule has 0 radical (unpaired) electrons. The first-order valence-corrected chi connectivity index (χ1v) is 10.3. The summed E-state index contributed by atoms with van der Waals surface area (Å²) in [5, 5.41) is 22.7. The van der Waals surface area contributed by atoms with Crippen molar-refractivity contribution in [2.45, 2.75) is 25.6 Å². The van der Waals surface area contributed by atoms with Crippen molar-refractivity contribution >= 4 is 5.97 Å². The summed E-state index contributed by atoms with van der Waals surface area (Å²) in [4.78, 5) is 16.7. The Morgan fingerprint density at radius 2 is 1.85 bits per heavy atom. The van der Waals surface area contributed by atoms with Crippen LogP contribution in [0.3, 0.4) is 0 Å².